The number of piperidine rings is 1. The van der Waals surface area contributed by atoms with Gasteiger partial charge in [0.25, 0.3) is 0 Å². The fraction of sp³-hybridized carbons (Fsp3) is 0.406. The van der Waals surface area contributed by atoms with E-state index in [1.54, 1.807) is 12.1 Å². The number of likely N-dealkylation sites (tertiary alicyclic amines) is 1. The van der Waals surface area contributed by atoms with Crippen molar-refractivity contribution in [1.82, 2.24) is 4.90 Å². The third-order valence-electron chi connectivity index (χ3n) is 8.23. The van der Waals surface area contributed by atoms with Gasteiger partial charge in [-0.25, -0.2) is 4.39 Å². The van der Waals surface area contributed by atoms with Crippen molar-refractivity contribution in [2.24, 2.45) is 11.8 Å². The van der Waals surface area contributed by atoms with Crippen LogP contribution < -0.4 is 0 Å². The van der Waals surface area contributed by atoms with Gasteiger partial charge in [0.15, 0.2) is 0 Å². The van der Waals surface area contributed by atoms with Crippen molar-refractivity contribution < 1.29 is 27.5 Å². The van der Waals surface area contributed by atoms with Crippen molar-refractivity contribution in [1.29, 1.82) is 0 Å². The van der Waals surface area contributed by atoms with E-state index < -0.39 is 23.6 Å². The number of carboxylic acids is 1. The monoisotopic (exact) mass is 539 g/mol. The second-order valence-electron chi connectivity index (χ2n) is 11.2. The van der Waals surface area contributed by atoms with Crippen LogP contribution in [0.4, 0.5) is 17.6 Å². The van der Waals surface area contributed by atoms with Crippen molar-refractivity contribution >= 4 is 5.97 Å². The maximum atomic E-state index is 13.9. The summed E-state index contributed by atoms with van der Waals surface area (Å²) in [6.45, 7) is 3.88. The van der Waals surface area contributed by atoms with Gasteiger partial charge in [0.2, 0.25) is 0 Å². The topological polar surface area (TPSA) is 40.5 Å². The number of alkyl halides is 3. The van der Waals surface area contributed by atoms with Gasteiger partial charge in [-0.05, 0) is 102 Å². The Balaban J connectivity index is 1.65. The molecule has 2 aliphatic rings. The first-order valence-corrected chi connectivity index (χ1v) is 13.6. The van der Waals surface area contributed by atoms with Crippen molar-refractivity contribution in [2.45, 2.75) is 57.2 Å². The Labute approximate surface area is 226 Å². The van der Waals surface area contributed by atoms with E-state index in [1.807, 2.05) is 18.2 Å². The minimum Gasteiger partial charge on any atom is -0.481 e. The normalized spacial score (nSPS) is 18.6. The molecule has 0 spiro atoms. The molecule has 7 heteroatoms. The average molecular weight is 540 g/mol. The van der Waals surface area contributed by atoms with Crippen LogP contribution in [0.5, 0.6) is 0 Å². The molecule has 1 aliphatic carbocycles. The van der Waals surface area contributed by atoms with E-state index in [2.05, 4.69) is 11.8 Å². The molecule has 206 valence electrons. The van der Waals surface area contributed by atoms with Crippen molar-refractivity contribution in [3.63, 3.8) is 0 Å². The molecule has 5 rings (SSSR count). The number of halogens is 4. The average Bonchev–Trinajstić information content (AvgIpc) is 3.74. The third kappa shape index (κ3) is 6.35. The van der Waals surface area contributed by atoms with Crippen LogP contribution >= 0.6 is 0 Å². The molecule has 1 heterocycles. The van der Waals surface area contributed by atoms with Gasteiger partial charge in [-0.3, -0.25) is 9.69 Å². The van der Waals surface area contributed by atoms with E-state index in [0.29, 0.717) is 34.9 Å². The van der Waals surface area contributed by atoms with Crippen LogP contribution in [0.1, 0.15) is 73.2 Å². The molecule has 1 saturated carbocycles. The maximum absolute atomic E-state index is 13.9. The number of nitrogens with zero attached hydrogens (tertiary/aromatic N) is 1. The quantitative estimate of drug-likeness (QED) is 0.293. The third-order valence-corrected chi connectivity index (χ3v) is 8.23. The first-order chi connectivity index (χ1) is 18.6. The molecule has 0 bridgehead atoms. The molecule has 2 fully saturated rings. The summed E-state index contributed by atoms with van der Waals surface area (Å²) in [6, 6.07) is 16.8. The van der Waals surface area contributed by atoms with Crippen LogP contribution in [0.2, 0.25) is 0 Å². The zero-order chi connectivity index (χ0) is 27.7. The van der Waals surface area contributed by atoms with Crippen LogP contribution in [0.3, 0.4) is 0 Å². The smallest absolute Gasteiger partial charge is 0.416 e. The van der Waals surface area contributed by atoms with Crippen LogP contribution in [-0.4, -0.2) is 29.1 Å². The lowest BCUT2D eigenvalue weighted by Gasteiger charge is -2.38. The highest BCUT2D eigenvalue weighted by Crippen LogP contribution is 2.43. The van der Waals surface area contributed by atoms with Gasteiger partial charge in [0, 0.05) is 0 Å². The lowest BCUT2D eigenvalue weighted by atomic mass is 9.84. The van der Waals surface area contributed by atoms with E-state index in [-0.39, 0.29) is 11.9 Å². The predicted molar refractivity (Wildman–Crippen MR) is 143 cm³/mol. The van der Waals surface area contributed by atoms with Gasteiger partial charge in [-0.15, -0.1) is 0 Å². The molecule has 0 radical (unpaired) electrons. The van der Waals surface area contributed by atoms with E-state index in [9.17, 15) is 27.5 Å². The number of benzene rings is 3. The Kier molecular flexibility index (Phi) is 7.81. The molecule has 39 heavy (non-hydrogen) atoms. The number of carbonyl (C=O) groups is 1. The lowest BCUT2D eigenvalue weighted by Crippen LogP contribution is -2.37. The van der Waals surface area contributed by atoms with Crippen LogP contribution in [-0.2, 0) is 11.0 Å². The molecule has 3 nitrogen and oxygen atoms in total. The standard InChI is InChI=1S/C32H33F4NO2/c1-20-14-16-37(17-15-20)30(23-6-11-26(33)12-7-23)27-13-8-24(29(31(38)39)18-21-2-3-21)19-28(27)22-4-9-25(10-5-22)32(34,35)36/h4-13,19-21,29-30H,2-3,14-18H2,1H3,(H,38,39)/t29-,30?/m0/s1. The molecule has 3 aromatic rings. The SMILES string of the molecule is CC1CCN(C(c2ccc(F)cc2)c2ccc([C@H](CC3CC3)C(=O)O)cc2-c2ccc(C(F)(F)F)cc2)CC1. The Hall–Kier alpha value is -3.19. The summed E-state index contributed by atoms with van der Waals surface area (Å²) in [7, 11) is 0. The van der Waals surface area contributed by atoms with E-state index in [4.69, 9.17) is 0 Å². The van der Waals surface area contributed by atoms with Gasteiger partial charge in [0.05, 0.1) is 17.5 Å². The Morgan fingerprint density at radius 3 is 2.10 bits per heavy atom. The lowest BCUT2D eigenvalue weighted by molar-refractivity contribution is -0.139. The highest BCUT2D eigenvalue weighted by Gasteiger charge is 2.33. The van der Waals surface area contributed by atoms with Crippen LogP contribution in [0.15, 0.2) is 66.7 Å². The van der Waals surface area contributed by atoms with Crippen molar-refractivity contribution in [3.8, 4) is 11.1 Å². The van der Waals surface area contributed by atoms with E-state index in [0.717, 1.165) is 62.0 Å². The second-order valence-corrected chi connectivity index (χ2v) is 11.2. The summed E-state index contributed by atoms with van der Waals surface area (Å²) in [5.41, 5.74) is 2.97. The molecule has 1 aliphatic heterocycles. The Morgan fingerprint density at radius 2 is 1.54 bits per heavy atom. The summed E-state index contributed by atoms with van der Waals surface area (Å²) in [6.07, 6.45) is 0.151. The fourth-order valence-corrected chi connectivity index (χ4v) is 5.70. The molecule has 3 aromatic carbocycles. The highest BCUT2D eigenvalue weighted by atomic mass is 19.4. The molecular formula is C32H33F4NO2. The number of aliphatic carboxylic acids is 1. The summed E-state index contributed by atoms with van der Waals surface area (Å²) in [5, 5.41) is 10.0. The number of hydrogen-bond donors (Lipinski definition) is 1. The van der Waals surface area contributed by atoms with Gasteiger partial charge >= 0.3 is 12.1 Å². The van der Waals surface area contributed by atoms with Crippen LogP contribution in [0.25, 0.3) is 11.1 Å². The molecule has 1 saturated heterocycles. The Bertz CT molecular complexity index is 1290. The predicted octanol–water partition coefficient (Wildman–Crippen LogP) is 8.30. The summed E-state index contributed by atoms with van der Waals surface area (Å²) in [5.74, 6) is -0.936. The maximum Gasteiger partial charge on any atom is 0.416 e. The fourth-order valence-electron chi connectivity index (χ4n) is 5.70. The molecule has 0 aromatic heterocycles. The largest absolute Gasteiger partial charge is 0.481 e. The molecule has 0 amide bonds. The van der Waals surface area contributed by atoms with Crippen molar-refractivity contribution in [2.75, 3.05) is 13.1 Å². The number of carboxylic acid groups (broad SMARTS) is 1. The summed E-state index contributed by atoms with van der Waals surface area (Å²) >= 11 is 0. The molecular weight excluding hydrogens is 506 g/mol. The number of rotatable bonds is 8. The van der Waals surface area contributed by atoms with E-state index >= 15 is 0 Å². The van der Waals surface area contributed by atoms with Crippen LogP contribution in [0, 0.1) is 17.7 Å². The van der Waals surface area contributed by atoms with Gasteiger partial charge in [-0.1, -0.05) is 56.2 Å². The summed E-state index contributed by atoms with van der Waals surface area (Å²) in [4.78, 5) is 14.6. The Morgan fingerprint density at radius 1 is 0.923 bits per heavy atom. The first-order valence-electron chi connectivity index (χ1n) is 13.6. The second kappa shape index (κ2) is 11.1. The minimum atomic E-state index is -4.46. The molecule has 1 unspecified atom stereocenters. The first kappa shape index (κ1) is 27.4. The van der Waals surface area contributed by atoms with Gasteiger partial charge < -0.3 is 5.11 Å². The number of hydrogen-bond acceptors (Lipinski definition) is 2. The highest BCUT2D eigenvalue weighted by molar-refractivity contribution is 5.78. The summed E-state index contributed by atoms with van der Waals surface area (Å²) < 4.78 is 53.9. The van der Waals surface area contributed by atoms with Gasteiger partial charge in [-0.2, -0.15) is 13.2 Å². The van der Waals surface area contributed by atoms with Crippen molar-refractivity contribution in [3.05, 3.63) is 94.8 Å². The molecule has 1 N–H and O–H groups in total. The van der Waals surface area contributed by atoms with Gasteiger partial charge in [0.1, 0.15) is 5.82 Å². The minimum absolute atomic E-state index is 0.254. The zero-order valence-electron chi connectivity index (χ0n) is 21.9. The van der Waals surface area contributed by atoms with E-state index in [1.165, 1.54) is 24.3 Å². The zero-order valence-corrected chi connectivity index (χ0v) is 21.9. The molecule has 2 atom stereocenters.